The summed E-state index contributed by atoms with van der Waals surface area (Å²) in [4.78, 5) is 7.41. The topological polar surface area (TPSA) is 18.5 Å². The minimum atomic E-state index is 0.777. The van der Waals surface area contributed by atoms with Crippen LogP contribution in [-0.4, -0.2) is 56.1 Å². The summed E-state index contributed by atoms with van der Waals surface area (Å²) in [7, 11) is 2.20. The zero-order valence-corrected chi connectivity index (χ0v) is 16.3. The number of anilines is 1. The van der Waals surface area contributed by atoms with Crippen LogP contribution in [0.15, 0.2) is 58.3 Å². The van der Waals surface area contributed by atoms with E-state index in [1.807, 2.05) is 18.2 Å². The predicted molar refractivity (Wildman–Crippen MR) is 109 cm³/mol. The Bertz CT molecular complexity index is 657. The van der Waals surface area contributed by atoms with E-state index in [0.717, 1.165) is 30.2 Å². The number of likely N-dealkylation sites (N-methyl/N-ethyl adjacent to an activating group) is 1. The number of rotatable bonds is 7. The Morgan fingerprint density at radius 3 is 2.56 bits per heavy atom. The van der Waals surface area contributed by atoms with E-state index in [9.17, 15) is 0 Å². The molecule has 1 aliphatic heterocycles. The van der Waals surface area contributed by atoms with Crippen LogP contribution in [0, 0.1) is 0 Å². The van der Waals surface area contributed by atoms with Gasteiger partial charge in [-0.1, -0.05) is 41.6 Å². The summed E-state index contributed by atoms with van der Waals surface area (Å²) in [5.74, 6) is 0. The van der Waals surface area contributed by atoms with Gasteiger partial charge in [-0.15, -0.1) is 0 Å². The molecular weight excluding hydrogens is 350 g/mol. The fourth-order valence-corrected chi connectivity index (χ4v) is 4.04. The highest BCUT2D eigenvalue weighted by Crippen LogP contribution is 2.35. The number of nitrogens with one attached hydrogen (secondary N) is 1. The number of piperazine rings is 1. The first-order valence-electron chi connectivity index (χ1n) is 8.88. The second kappa shape index (κ2) is 9.48. The van der Waals surface area contributed by atoms with Crippen molar-refractivity contribution in [2.75, 3.05) is 51.6 Å². The quantitative estimate of drug-likeness (QED) is 0.716. The molecule has 25 heavy (non-hydrogen) atoms. The van der Waals surface area contributed by atoms with Gasteiger partial charge in [0, 0.05) is 53.2 Å². The van der Waals surface area contributed by atoms with Gasteiger partial charge in [0.2, 0.25) is 0 Å². The van der Waals surface area contributed by atoms with Crippen LogP contribution in [0.3, 0.4) is 0 Å². The first-order valence-corrected chi connectivity index (χ1v) is 10.1. The predicted octanol–water partition coefficient (Wildman–Crippen LogP) is 4.54. The van der Waals surface area contributed by atoms with Crippen LogP contribution < -0.4 is 5.32 Å². The summed E-state index contributed by atoms with van der Waals surface area (Å²) in [5, 5.41) is 4.36. The first kappa shape index (κ1) is 18.6. The number of hydrogen-bond donors (Lipinski definition) is 1. The third-order valence-corrected chi connectivity index (χ3v) is 5.79. The van der Waals surface area contributed by atoms with E-state index in [1.165, 1.54) is 36.0 Å². The van der Waals surface area contributed by atoms with Gasteiger partial charge in [-0.05, 0) is 50.3 Å². The van der Waals surface area contributed by atoms with Crippen molar-refractivity contribution in [3.63, 3.8) is 0 Å². The molecule has 134 valence electrons. The molecule has 1 heterocycles. The zero-order valence-electron chi connectivity index (χ0n) is 14.7. The van der Waals surface area contributed by atoms with Gasteiger partial charge in [0.25, 0.3) is 0 Å². The van der Waals surface area contributed by atoms with Crippen LogP contribution in [0.1, 0.15) is 6.42 Å². The van der Waals surface area contributed by atoms with Crippen molar-refractivity contribution in [1.29, 1.82) is 0 Å². The van der Waals surface area contributed by atoms with Crippen LogP contribution in [0.25, 0.3) is 0 Å². The first-order chi connectivity index (χ1) is 12.2. The van der Waals surface area contributed by atoms with E-state index in [0.29, 0.717) is 0 Å². The molecule has 0 radical (unpaired) electrons. The Balaban J connectivity index is 1.52. The molecule has 0 amide bonds. The van der Waals surface area contributed by atoms with Gasteiger partial charge in [-0.3, -0.25) is 0 Å². The van der Waals surface area contributed by atoms with Crippen LogP contribution in [0.5, 0.6) is 0 Å². The maximum absolute atomic E-state index is 6.21. The van der Waals surface area contributed by atoms with Crippen molar-refractivity contribution in [3.05, 3.63) is 53.6 Å². The van der Waals surface area contributed by atoms with Gasteiger partial charge < -0.3 is 15.1 Å². The van der Waals surface area contributed by atoms with Gasteiger partial charge in [-0.25, -0.2) is 0 Å². The molecule has 5 heteroatoms. The molecule has 1 saturated heterocycles. The summed E-state index contributed by atoms with van der Waals surface area (Å²) >= 11 is 7.98. The molecule has 0 unspecified atom stereocenters. The van der Waals surface area contributed by atoms with Crippen molar-refractivity contribution >= 4 is 29.1 Å². The lowest BCUT2D eigenvalue weighted by Crippen LogP contribution is -2.44. The highest BCUT2D eigenvalue weighted by atomic mass is 35.5. The maximum Gasteiger partial charge on any atom is 0.0496 e. The van der Waals surface area contributed by atoms with Gasteiger partial charge in [0.05, 0.1) is 0 Å². The van der Waals surface area contributed by atoms with Crippen LogP contribution >= 0.6 is 23.4 Å². The fraction of sp³-hybridized carbons (Fsp3) is 0.400. The molecule has 0 atom stereocenters. The Morgan fingerprint density at radius 2 is 1.80 bits per heavy atom. The summed E-state index contributed by atoms with van der Waals surface area (Å²) in [6, 6.07) is 16.5. The molecule has 3 rings (SSSR count). The molecule has 0 aromatic heterocycles. The summed E-state index contributed by atoms with van der Waals surface area (Å²) in [5.41, 5.74) is 1.12. The Morgan fingerprint density at radius 1 is 1.04 bits per heavy atom. The highest BCUT2D eigenvalue weighted by molar-refractivity contribution is 7.99. The lowest BCUT2D eigenvalue weighted by atomic mass is 10.3. The van der Waals surface area contributed by atoms with Crippen LogP contribution in [-0.2, 0) is 0 Å². The monoisotopic (exact) mass is 375 g/mol. The van der Waals surface area contributed by atoms with E-state index in [1.54, 1.807) is 11.8 Å². The molecule has 2 aromatic carbocycles. The fourth-order valence-electron chi connectivity index (χ4n) is 2.94. The third-order valence-electron chi connectivity index (χ3n) is 4.48. The second-order valence-corrected chi connectivity index (χ2v) is 8.03. The normalized spacial score (nSPS) is 16.1. The summed E-state index contributed by atoms with van der Waals surface area (Å²) in [6.07, 6.45) is 1.14. The van der Waals surface area contributed by atoms with Crippen molar-refractivity contribution < 1.29 is 0 Å². The van der Waals surface area contributed by atoms with Gasteiger partial charge in [0.1, 0.15) is 0 Å². The number of nitrogens with zero attached hydrogens (tertiary/aromatic N) is 2. The Hall–Kier alpha value is -1.20. The minimum Gasteiger partial charge on any atom is -0.384 e. The SMILES string of the molecule is CN1CCN(CCCNc2cc(Cl)ccc2Sc2ccccc2)CC1. The highest BCUT2D eigenvalue weighted by Gasteiger charge is 2.13. The average Bonchev–Trinajstić information content (AvgIpc) is 2.63. The number of halogens is 1. The van der Waals surface area contributed by atoms with Gasteiger partial charge in [0.15, 0.2) is 0 Å². The van der Waals surface area contributed by atoms with Gasteiger partial charge in [-0.2, -0.15) is 0 Å². The van der Waals surface area contributed by atoms with Crippen molar-refractivity contribution in [2.24, 2.45) is 0 Å². The second-order valence-electron chi connectivity index (χ2n) is 6.48. The summed E-state index contributed by atoms with van der Waals surface area (Å²) < 4.78 is 0. The van der Waals surface area contributed by atoms with E-state index in [-0.39, 0.29) is 0 Å². The lowest BCUT2D eigenvalue weighted by molar-refractivity contribution is 0.154. The number of hydrogen-bond acceptors (Lipinski definition) is 4. The molecule has 3 nitrogen and oxygen atoms in total. The smallest absolute Gasteiger partial charge is 0.0496 e. The molecule has 1 N–H and O–H groups in total. The molecule has 0 aliphatic carbocycles. The van der Waals surface area contributed by atoms with E-state index in [4.69, 9.17) is 11.6 Å². The van der Waals surface area contributed by atoms with Crippen molar-refractivity contribution in [2.45, 2.75) is 16.2 Å². The molecule has 1 fully saturated rings. The molecule has 1 aliphatic rings. The lowest BCUT2D eigenvalue weighted by Gasteiger charge is -2.32. The van der Waals surface area contributed by atoms with Crippen LogP contribution in [0.4, 0.5) is 5.69 Å². The van der Waals surface area contributed by atoms with Gasteiger partial charge >= 0.3 is 0 Å². The maximum atomic E-state index is 6.21. The van der Waals surface area contributed by atoms with E-state index < -0.39 is 0 Å². The average molecular weight is 376 g/mol. The van der Waals surface area contributed by atoms with Crippen molar-refractivity contribution in [1.82, 2.24) is 9.80 Å². The van der Waals surface area contributed by atoms with E-state index in [2.05, 4.69) is 52.5 Å². The Labute approximate surface area is 160 Å². The molecule has 0 saturated carbocycles. The minimum absolute atomic E-state index is 0.777. The van der Waals surface area contributed by atoms with Crippen LogP contribution in [0.2, 0.25) is 5.02 Å². The molecule has 0 spiro atoms. The molecular formula is C20H26ClN3S. The number of benzene rings is 2. The van der Waals surface area contributed by atoms with Crippen molar-refractivity contribution in [3.8, 4) is 0 Å². The largest absolute Gasteiger partial charge is 0.384 e. The zero-order chi connectivity index (χ0) is 17.5. The third kappa shape index (κ3) is 5.93. The standard InChI is InChI=1S/C20H26ClN3S/c1-23-12-14-24(15-13-23)11-5-10-22-19-16-17(21)8-9-20(19)25-18-6-3-2-4-7-18/h2-4,6-9,16,22H,5,10-15H2,1H3. The Kier molecular flexibility index (Phi) is 7.05. The molecule has 0 bridgehead atoms. The van der Waals surface area contributed by atoms with E-state index >= 15 is 0 Å². The summed E-state index contributed by atoms with van der Waals surface area (Å²) in [6.45, 7) is 6.85. The molecule has 2 aromatic rings.